The molecule has 0 aliphatic carbocycles. The van der Waals surface area contributed by atoms with Crippen molar-refractivity contribution in [1.82, 2.24) is 4.90 Å². The molecule has 0 fully saturated rings. The zero-order valence-corrected chi connectivity index (χ0v) is 19.6. The van der Waals surface area contributed by atoms with Crippen LogP contribution in [0.4, 0.5) is 15.3 Å². The van der Waals surface area contributed by atoms with Crippen LogP contribution in [-0.2, 0) is 14.3 Å². The highest BCUT2D eigenvalue weighted by molar-refractivity contribution is 6.01. The molecule has 1 rings (SSSR count). The summed E-state index contributed by atoms with van der Waals surface area (Å²) in [6.45, 7) is 3.63. The van der Waals surface area contributed by atoms with Crippen LogP contribution in [0.1, 0.15) is 32.3 Å². The van der Waals surface area contributed by atoms with Crippen LogP contribution in [0.2, 0.25) is 0 Å². The van der Waals surface area contributed by atoms with Gasteiger partial charge in [-0.05, 0) is 31.6 Å². The largest absolute Gasteiger partial charge is 0.514 e. The smallest absolute Gasteiger partial charge is 0.433 e. The number of rotatable bonds is 11. The molecule has 36 heavy (non-hydrogen) atoms. The maximum absolute atomic E-state index is 12.6. The Morgan fingerprint density at radius 3 is 2.08 bits per heavy atom. The van der Waals surface area contributed by atoms with Crippen LogP contribution in [0.3, 0.4) is 0 Å². The van der Waals surface area contributed by atoms with Crippen molar-refractivity contribution < 1.29 is 38.3 Å². The van der Waals surface area contributed by atoms with Crippen LogP contribution in [0.15, 0.2) is 17.7 Å². The van der Waals surface area contributed by atoms with E-state index in [2.05, 4.69) is 11.8 Å². The Hall–Kier alpha value is -5.02. The van der Waals surface area contributed by atoms with Crippen molar-refractivity contribution in [3.63, 3.8) is 0 Å². The summed E-state index contributed by atoms with van der Waals surface area (Å²) in [4.78, 5) is 48.9. The summed E-state index contributed by atoms with van der Waals surface area (Å²) in [5, 5.41) is 21.2. The predicted molar refractivity (Wildman–Crippen MR) is 125 cm³/mol. The SMILES string of the molecule is C#CCCOC(=O)Oc1cc(C=C(C#N)C(=O)N(CC)CC)cc([N+](=O)[O-])c1OC(=O)OCCC#C. The molecular weight excluding hydrogens is 474 g/mol. The van der Waals surface area contributed by atoms with E-state index in [1.165, 1.54) is 4.90 Å². The van der Waals surface area contributed by atoms with E-state index in [0.717, 1.165) is 18.2 Å². The molecule has 0 saturated heterocycles. The average molecular weight is 497 g/mol. The number of nitriles is 1. The third-order valence-electron chi connectivity index (χ3n) is 4.28. The summed E-state index contributed by atoms with van der Waals surface area (Å²) >= 11 is 0. The van der Waals surface area contributed by atoms with Gasteiger partial charge in [-0.25, -0.2) is 9.59 Å². The fourth-order valence-corrected chi connectivity index (χ4v) is 2.61. The first-order valence-electron chi connectivity index (χ1n) is 10.5. The molecule has 1 aromatic carbocycles. The topological polar surface area (TPSA) is 158 Å². The lowest BCUT2D eigenvalue weighted by atomic mass is 10.1. The van der Waals surface area contributed by atoms with Gasteiger partial charge in [0.1, 0.15) is 24.9 Å². The van der Waals surface area contributed by atoms with E-state index in [9.17, 15) is 29.8 Å². The molecule has 0 aliphatic heterocycles. The van der Waals surface area contributed by atoms with E-state index < -0.39 is 40.3 Å². The number of hydrogen-bond donors (Lipinski definition) is 0. The van der Waals surface area contributed by atoms with Crippen LogP contribution in [-0.4, -0.2) is 54.3 Å². The zero-order chi connectivity index (χ0) is 27.1. The molecule has 1 aromatic rings. The van der Waals surface area contributed by atoms with Crippen LogP contribution < -0.4 is 9.47 Å². The maximum Gasteiger partial charge on any atom is 0.514 e. The van der Waals surface area contributed by atoms with E-state index in [0.29, 0.717) is 13.1 Å². The number of likely N-dealkylation sites (N-methyl/N-ethyl adjacent to an activating group) is 1. The Labute approximate surface area is 207 Å². The van der Waals surface area contributed by atoms with Gasteiger partial charge in [-0.15, -0.1) is 24.7 Å². The number of hydrogen-bond acceptors (Lipinski definition) is 10. The quantitative estimate of drug-likeness (QED) is 0.0648. The second-order valence-corrected chi connectivity index (χ2v) is 6.58. The zero-order valence-electron chi connectivity index (χ0n) is 19.6. The number of nitro groups is 1. The van der Waals surface area contributed by atoms with E-state index >= 15 is 0 Å². The molecule has 0 bridgehead atoms. The first kappa shape index (κ1) is 29.0. The Morgan fingerprint density at radius 1 is 1.06 bits per heavy atom. The van der Waals surface area contributed by atoms with Crippen molar-refractivity contribution in [3.8, 4) is 42.3 Å². The third kappa shape index (κ3) is 8.73. The molecule has 1 amide bonds. The number of benzene rings is 1. The number of ether oxygens (including phenoxy) is 4. The number of carbonyl (C=O) groups is 3. The van der Waals surface area contributed by atoms with E-state index in [4.69, 9.17) is 31.8 Å². The second-order valence-electron chi connectivity index (χ2n) is 6.58. The summed E-state index contributed by atoms with van der Waals surface area (Å²) in [6.07, 6.45) is 8.71. The van der Waals surface area contributed by atoms with E-state index in [-0.39, 0.29) is 37.2 Å². The lowest BCUT2D eigenvalue weighted by molar-refractivity contribution is -0.385. The summed E-state index contributed by atoms with van der Waals surface area (Å²) in [5.74, 6) is 2.48. The molecule has 12 heteroatoms. The maximum atomic E-state index is 12.6. The van der Waals surface area contributed by atoms with Gasteiger partial charge in [0.05, 0.1) is 4.92 Å². The first-order valence-corrected chi connectivity index (χ1v) is 10.5. The first-order chi connectivity index (χ1) is 17.2. The van der Waals surface area contributed by atoms with Gasteiger partial charge in [0, 0.05) is 32.0 Å². The predicted octanol–water partition coefficient (Wildman–Crippen LogP) is 3.45. The van der Waals surface area contributed by atoms with Crippen LogP contribution in [0.5, 0.6) is 11.5 Å². The Kier molecular flexibility index (Phi) is 12.1. The molecule has 0 atom stereocenters. The number of nitro benzene ring substituents is 1. The normalized spacial score (nSPS) is 10.1. The van der Waals surface area contributed by atoms with Gasteiger partial charge in [-0.2, -0.15) is 5.26 Å². The van der Waals surface area contributed by atoms with Gasteiger partial charge in [-0.1, -0.05) is 0 Å². The standard InChI is InChI=1S/C24H23N3O9/c1-5-9-11-33-23(29)35-20-15-17(13-18(16-25)22(28)26(7-3)8-4)14-19(27(31)32)21(20)36-24(30)34-12-10-6-2/h1-2,13-15H,7-12H2,3-4H3. The fraction of sp³-hybridized carbons (Fsp3) is 0.333. The highest BCUT2D eigenvalue weighted by Crippen LogP contribution is 2.39. The Bertz CT molecular complexity index is 1150. The lowest BCUT2D eigenvalue weighted by Gasteiger charge is -2.17. The molecule has 0 heterocycles. The molecule has 0 saturated carbocycles. The highest BCUT2D eigenvalue weighted by Gasteiger charge is 2.28. The molecule has 0 aliphatic rings. The number of amides is 1. The van der Waals surface area contributed by atoms with Gasteiger partial charge >= 0.3 is 18.0 Å². The van der Waals surface area contributed by atoms with Crippen LogP contribution in [0, 0.1) is 46.1 Å². The Balaban J connectivity index is 3.56. The van der Waals surface area contributed by atoms with E-state index in [1.54, 1.807) is 19.9 Å². The average Bonchev–Trinajstić information content (AvgIpc) is 2.84. The minimum Gasteiger partial charge on any atom is -0.433 e. The van der Waals surface area contributed by atoms with Gasteiger partial charge in [0.25, 0.3) is 11.7 Å². The molecule has 0 unspecified atom stereocenters. The molecular formula is C24H23N3O9. The molecule has 0 N–H and O–H groups in total. The number of nitrogens with zero attached hydrogens (tertiary/aromatic N) is 3. The van der Waals surface area contributed by atoms with Gasteiger partial charge in [-0.3, -0.25) is 14.9 Å². The second kappa shape index (κ2) is 15.0. The molecule has 12 nitrogen and oxygen atoms in total. The van der Waals surface area contributed by atoms with Crippen molar-refractivity contribution in [3.05, 3.63) is 33.4 Å². The minimum absolute atomic E-state index is 0.0588. The molecule has 0 radical (unpaired) electrons. The van der Waals surface area contributed by atoms with Crippen molar-refractivity contribution in [2.45, 2.75) is 26.7 Å². The summed E-state index contributed by atoms with van der Waals surface area (Å²) in [5.41, 5.74) is -1.23. The van der Waals surface area contributed by atoms with Crippen molar-refractivity contribution >= 4 is 30.0 Å². The van der Waals surface area contributed by atoms with Crippen molar-refractivity contribution in [2.24, 2.45) is 0 Å². The van der Waals surface area contributed by atoms with Gasteiger partial charge in [0.15, 0.2) is 5.75 Å². The molecule has 188 valence electrons. The summed E-state index contributed by atoms with van der Waals surface area (Å²) in [6, 6.07) is 3.72. The number of terminal acetylenes is 2. The Morgan fingerprint density at radius 2 is 1.61 bits per heavy atom. The molecule has 0 spiro atoms. The highest BCUT2D eigenvalue weighted by atomic mass is 16.7. The third-order valence-corrected chi connectivity index (χ3v) is 4.28. The fourth-order valence-electron chi connectivity index (χ4n) is 2.61. The van der Waals surface area contributed by atoms with Crippen LogP contribution in [0.25, 0.3) is 6.08 Å². The van der Waals surface area contributed by atoms with Gasteiger partial charge < -0.3 is 23.8 Å². The van der Waals surface area contributed by atoms with E-state index in [1.807, 2.05) is 0 Å². The molecule has 0 aromatic heterocycles. The number of carbonyl (C=O) groups excluding carboxylic acids is 3. The summed E-state index contributed by atoms with van der Waals surface area (Å²) < 4.78 is 19.4. The van der Waals surface area contributed by atoms with Gasteiger partial charge in [0.2, 0.25) is 0 Å². The van der Waals surface area contributed by atoms with Crippen LogP contribution >= 0.6 is 0 Å². The van der Waals surface area contributed by atoms with Crippen molar-refractivity contribution in [1.29, 1.82) is 5.26 Å². The summed E-state index contributed by atoms with van der Waals surface area (Å²) in [7, 11) is 0. The van der Waals surface area contributed by atoms with Crippen molar-refractivity contribution in [2.75, 3.05) is 26.3 Å². The lowest BCUT2D eigenvalue weighted by Crippen LogP contribution is -2.31. The monoisotopic (exact) mass is 497 g/mol. The minimum atomic E-state index is -1.35.